The highest BCUT2D eigenvalue weighted by Crippen LogP contribution is 2.34. The summed E-state index contributed by atoms with van der Waals surface area (Å²) in [6.45, 7) is 2.15. The van der Waals surface area contributed by atoms with Gasteiger partial charge >= 0.3 is 7.25 Å². The molecule has 1 heterocycles. The van der Waals surface area contributed by atoms with E-state index >= 15 is 0 Å². The van der Waals surface area contributed by atoms with Gasteiger partial charge in [-0.3, -0.25) is 0 Å². The Morgan fingerprint density at radius 2 is 1.21 bits per heavy atom. The number of rotatable bonds is 3. The molecule has 4 aromatic rings. The van der Waals surface area contributed by atoms with Gasteiger partial charge in [0.2, 0.25) is 11.4 Å². The van der Waals surface area contributed by atoms with E-state index in [4.69, 9.17) is 0 Å². The number of fused-ring (bicyclic) bond motifs is 1. The van der Waals surface area contributed by atoms with Gasteiger partial charge in [-0.25, -0.2) is 0 Å². The number of halogens is 4. The summed E-state index contributed by atoms with van der Waals surface area (Å²) in [5.74, 6) is 0. The summed E-state index contributed by atoms with van der Waals surface area (Å²) in [6, 6.07) is 33.1. The molecule has 0 N–H and O–H groups in total. The Morgan fingerprint density at radius 1 is 0.676 bits per heavy atom. The van der Waals surface area contributed by atoms with Gasteiger partial charge < -0.3 is 17.3 Å². The zero-order valence-electron chi connectivity index (χ0n) is 19.0. The van der Waals surface area contributed by atoms with Gasteiger partial charge in [0.25, 0.3) is 0 Å². The Balaban J connectivity index is 0.000000499. The van der Waals surface area contributed by atoms with Crippen LogP contribution in [0.15, 0.2) is 91.0 Å². The Labute approximate surface area is 197 Å². The first-order valence-corrected chi connectivity index (χ1v) is 11.5. The van der Waals surface area contributed by atoms with Gasteiger partial charge in [-0.1, -0.05) is 66.2 Å². The number of aromatic nitrogens is 1. The summed E-state index contributed by atoms with van der Waals surface area (Å²) in [6.07, 6.45) is 4.81. The van der Waals surface area contributed by atoms with E-state index in [1.165, 1.54) is 57.7 Å². The van der Waals surface area contributed by atoms with E-state index in [1.54, 1.807) is 0 Å². The van der Waals surface area contributed by atoms with Gasteiger partial charge in [0, 0.05) is 35.7 Å². The SMILES string of the molecule is Cc1ccc(-[n+]2c(-c3ccccc3)cc(-c3ccccc3)c3c2CCCC3)cc1.F[B-](F)(F)F. The molecular formula is C28H26BF4N. The number of hydrogen-bond donors (Lipinski definition) is 0. The molecule has 6 heteroatoms. The lowest BCUT2D eigenvalue weighted by molar-refractivity contribution is -0.593. The van der Waals surface area contributed by atoms with E-state index in [9.17, 15) is 17.3 Å². The zero-order chi connectivity index (χ0) is 24.1. The summed E-state index contributed by atoms with van der Waals surface area (Å²) in [5, 5.41) is 0. The van der Waals surface area contributed by atoms with Crippen molar-refractivity contribution in [1.29, 1.82) is 0 Å². The van der Waals surface area contributed by atoms with E-state index in [-0.39, 0.29) is 0 Å². The van der Waals surface area contributed by atoms with Gasteiger partial charge in [-0.15, -0.1) is 0 Å². The van der Waals surface area contributed by atoms with Crippen molar-refractivity contribution < 1.29 is 21.8 Å². The van der Waals surface area contributed by atoms with Crippen LogP contribution in [-0.4, -0.2) is 7.25 Å². The maximum atomic E-state index is 9.75. The quantitative estimate of drug-likeness (QED) is 0.166. The van der Waals surface area contributed by atoms with E-state index < -0.39 is 7.25 Å². The number of nitrogens with zero attached hydrogens (tertiary/aromatic N) is 1. The molecule has 174 valence electrons. The maximum absolute atomic E-state index is 9.75. The third kappa shape index (κ3) is 5.74. The Bertz CT molecular complexity index is 1230. The van der Waals surface area contributed by atoms with Crippen LogP contribution in [-0.2, 0) is 12.8 Å². The molecule has 0 unspecified atom stereocenters. The van der Waals surface area contributed by atoms with Crippen LogP contribution >= 0.6 is 0 Å². The Morgan fingerprint density at radius 3 is 1.79 bits per heavy atom. The van der Waals surface area contributed by atoms with E-state index in [2.05, 4.69) is 102 Å². The fraction of sp³-hybridized carbons (Fsp3) is 0.179. The molecule has 3 aromatic carbocycles. The fourth-order valence-corrected chi connectivity index (χ4v) is 4.55. The van der Waals surface area contributed by atoms with Crippen LogP contribution in [0.3, 0.4) is 0 Å². The molecular weight excluding hydrogens is 437 g/mol. The number of pyridine rings is 1. The van der Waals surface area contributed by atoms with Crippen molar-refractivity contribution in [2.24, 2.45) is 0 Å². The minimum atomic E-state index is -6.00. The highest BCUT2D eigenvalue weighted by atomic mass is 19.5. The first-order valence-electron chi connectivity index (χ1n) is 11.5. The van der Waals surface area contributed by atoms with Crippen molar-refractivity contribution in [3.63, 3.8) is 0 Å². The summed E-state index contributed by atoms with van der Waals surface area (Å²) in [7, 11) is -6.00. The molecule has 0 saturated heterocycles. The molecule has 0 fully saturated rings. The molecule has 0 bridgehead atoms. The molecule has 0 radical (unpaired) electrons. The van der Waals surface area contributed by atoms with Gasteiger partial charge in [0.05, 0.1) is 0 Å². The van der Waals surface area contributed by atoms with Gasteiger partial charge in [-0.2, -0.15) is 4.57 Å². The topological polar surface area (TPSA) is 3.88 Å². The minimum absolute atomic E-state index is 1.13. The van der Waals surface area contributed by atoms with Crippen molar-refractivity contribution in [3.05, 3.63) is 108 Å². The number of hydrogen-bond acceptors (Lipinski definition) is 0. The van der Waals surface area contributed by atoms with Crippen molar-refractivity contribution in [2.45, 2.75) is 32.6 Å². The highest BCUT2D eigenvalue weighted by Gasteiger charge is 2.30. The third-order valence-corrected chi connectivity index (χ3v) is 6.00. The average Bonchev–Trinajstić information content (AvgIpc) is 2.84. The van der Waals surface area contributed by atoms with E-state index in [1.807, 2.05) is 0 Å². The second kappa shape index (κ2) is 10.2. The van der Waals surface area contributed by atoms with Crippen LogP contribution in [0.4, 0.5) is 17.3 Å². The molecule has 1 nitrogen and oxygen atoms in total. The molecule has 34 heavy (non-hydrogen) atoms. The van der Waals surface area contributed by atoms with Crippen molar-refractivity contribution in [2.75, 3.05) is 0 Å². The molecule has 0 spiro atoms. The molecule has 1 aromatic heterocycles. The number of benzene rings is 3. The average molecular weight is 463 g/mol. The summed E-state index contributed by atoms with van der Waals surface area (Å²) < 4.78 is 41.5. The third-order valence-electron chi connectivity index (χ3n) is 6.00. The second-order valence-electron chi connectivity index (χ2n) is 8.47. The standard InChI is InChI=1S/C28H26N.BF4/c1-21-16-18-24(19-17-21)29-27-15-9-8-14-25(27)26(22-10-4-2-5-11-22)20-28(29)23-12-6-3-7-13-23;2-1(3,4)5/h2-7,10-13,16-20H,8-9,14-15H2,1H3;/q+1;-1. The Kier molecular flexibility index (Phi) is 7.16. The monoisotopic (exact) mass is 463 g/mol. The van der Waals surface area contributed by atoms with E-state index in [0.29, 0.717) is 0 Å². The highest BCUT2D eigenvalue weighted by molar-refractivity contribution is 6.50. The van der Waals surface area contributed by atoms with Crippen LogP contribution in [0.5, 0.6) is 0 Å². The van der Waals surface area contributed by atoms with Crippen molar-refractivity contribution >= 4 is 7.25 Å². The van der Waals surface area contributed by atoms with Crippen LogP contribution in [0.1, 0.15) is 29.7 Å². The smallest absolute Gasteiger partial charge is 0.418 e. The molecule has 5 rings (SSSR count). The predicted octanol–water partition coefficient (Wildman–Crippen LogP) is 7.78. The van der Waals surface area contributed by atoms with Crippen molar-refractivity contribution in [1.82, 2.24) is 0 Å². The molecule has 0 amide bonds. The van der Waals surface area contributed by atoms with Gasteiger partial charge in [-0.05, 0) is 49.4 Å². The number of aryl methyl sites for hydroxylation is 1. The lowest BCUT2D eigenvalue weighted by atomic mass is 9.87. The van der Waals surface area contributed by atoms with Crippen LogP contribution in [0.2, 0.25) is 0 Å². The maximum Gasteiger partial charge on any atom is 0.673 e. The van der Waals surface area contributed by atoms with Gasteiger partial charge in [0.15, 0.2) is 5.69 Å². The summed E-state index contributed by atoms with van der Waals surface area (Å²) in [5.41, 5.74) is 10.8. The first kappa shape index (κ1) is 23.7. The van der Waals surface area contributed by atoms with Gasteiger partial charge in [0.1, 0.15) is 0 Å². The predicted molar refractivity (Wildman–Crippen MR) is 130 cm³/mol. The molecule has 0 saturated carbocycles. The lowest BCUT2D eigenvalue weighted by Crippen LogP contribution is -2.41. The van der Waals surface area contributed by atoms with Crippen LogP contribution < -0.4 is 4.57 Å². The summed E-state index contributed by atoms with van der Waals surface area (Å²) in [4.78, 5) is 0. The molecule has 0 aliphatic heterocycles. The second-order valence-corrected chi connectivity index (χ2v) is 8.47. The largest absolute Gasteiger partial charge is 0.673 e. The minimum Gasteiger partial charge on any atom is -0.418 e. The van der Waals surface area contributed by atoms with Crippen LogP contribution in [0.25, 0.3) is 28.1 Å². The van der Waals surface area contributed by atoms with E-state index in [0.717, 1.165) is 12.8 Å². The molecule has 0 atom stereocenters. The lowest BCUT2D eigenvalue weighted by Gasteiger charge is -2.20. The first-order chi connectivity index (χ1) is 16.3. The van der Waals surface area contributed by atoms with Crippen LogP contribution in [0, 0.1) is 6.92 Å². The Hall–Kier alpha value is -3.41. The summed E-state index contributed by atoms with van der Waals surface area (Å²) >= 11 is 0. The van der Waals surface area contributed by atoms with Crippen molar-refractivity contribution in [3.8, 4) is 28.1 Å². The molecule has 1 aliphatic carbocycles. The normalized spacial score (nSPS) is 13.0. The zero-order valence-corrected chi connectivity index (χ0v) is 19.0. The molecule has 1 aliphatic rings. The fourth-order valence-electron chi connectivity index (χ4n) is 4.55.